The van der Waals surface area contributed by atoms with E-state index < -0.39 is 5.56 Å². The Morgan fingerprint density at radius 1 is 1.50 bits per heavy atom. The molecule has 0 fully saturated rings. The summed E-state index contributed by atoms with van der Waals surface area (Å²) >= 11 is 13.0. The van der Waals surface area contributed by atoms with Crippen molar-refractivity contribution in [2.24, 2.45) is 0 Å². The summed E-state index contributed by atoms with van der Waals surface area (Å²) in [5.74, 6) is -0.232. The molecule has 106 valence electrons. The number of hydrogen-bond donors (Lipinski definition) is 0. The Hall–Kier alpha value is -1.37. The molecule has 2 aromatic heterocycles. The molecule has 0 aliphatic rings. The lowest BCUT2D eigenvalue weighted by molar-refractivity contribution is -0.131. The second-order valence-corrected chi connectivity index (χ2v) is 5.72. The first-order chi connectivity index (χ1) is 9.49. The summed E-state index contributed by atoms with van der Waals surface area (Å²) in [6, 6.07) is 1.94. The molecule has 0 aliphatic heterocycles. The van der Waals surface area contributed by atoms with E-state index in [-0.39, 0.29) is 22.5 Å². The van der Waals surface area contributed by atoms with Crippen molar-refractivity contribution >= 4 is 40.4 Å². The predicted octanol–water partition coefficient (Wildman–Crippen LogP) is 2.27. The number of nitrogens with zero attached hydrogens (tertiary/aromatic N) is 3. The SMILES string of the molecule is CN(Cc1ccsc1)C(=O)Cn1ncc(Cl)c(Cl)c1=O. The third-order valence-electron chi connectivity index (χ3n) is 2.65. The number of aromatic nitrogens is 2. The molecule has 20 heavy (non-hydrogen) atoms. The minimum atomic E-state index is -0.573. The molecule has 5 nitrogen and oxygen atoms in total. The summed E-state index contributed by atoms with van der Waals surface area (Å²) in [5.41, 5.74) is 0.469. The van der Waals surface area contributed by atoms with Gasteiger partial charge >= 0.3 is 0 Å². The molecule has 0 saturated heterocycles. The number of halogens is 2. The topological polar surface area (TPSA) is 55.2 Å². The third-order valence-corrected chi connectivity index (χ3v) is 4.13. The Labute approximate surface area is 129 Å². The van der Waals surface area contributed by atoms with Crippen molar-refractivity contribution in [1.82, 2.24) is 14.7 Å². The standard InChI is InChI=1S/C12H11Cl2N3O2S/c1-16(5-8-2-3-20-7-8)10(18)6-17-12(19)11(14)9(13)4-15-17/h2-4,7H,5-6H2,1H3. The number of amides is 1. The maximum Gasteiger partial charge on any atom is 0.287 e. The van der Waals surface area contributed by atoms with Crippen molar-refractivity contribution in [3.05, 3.63) is 49.0 Å². The molecule has 0 aromatic carbocycles. The molecular formula is C12H11Cl2N3O2S. The van der Waals surface area contributed by atoms with Gasteiger partial charge in [0, 0.05) is 13.6 Å². The zero-order valence-electron chi connectivity index (χ0n) is 10.5. The fourth-order valence-corrected chi connectivity index (χ4v) is 2.48. The lowest BCUT2D eigenvalue weighted by Crippen LogP contribution is -2.34. The van der Waals surface area contributed by atoms with Crippen molar-refractivity contribution in [2.75, 3.05) is 7.05 Å². The van der Waals surface area contributed by atoms with Crippen molar-refractivity contribution in [2.45, 2.75) is 13.1 Å². The molecular weight excluding hydrogens is 321 g/mol. The molecule has 0 spiro atoms. The number of carbonyl (C=O) groups is 1. The fourth-order valence-electron chi connectivity index (χ4n) is 1.55. The van der Waals surface area contributed by atoms with E-state index in [1.54, 1.807) is 18.4 Å². The molecule has 0 saturated carbocycles. The Morgan fingerprint density at radius 2 is 2.25 bits per heavy atom. The van der Waals surface area contributed by atoms with E-state index in [4.69, 9.17) is 23.2 Å². The van der Waals surface area contributed by atoms with Gasteiger partial charge in [-0.2, -0.15) is 16.4 Å². The van der Waals surface area contributed by atoms with Crippen LogP contribution in [0.15, 0.2) is 27.8 Å². The molecule has 0 radical (unpaired) electrons. The van der Waals surface area contributed by atoms with Gasteiger partial charge in [-0.1, -0.05) is 23.2 Å². The van der Waals surface area contributed by atoms with Crippen LogP contribution in [0.5, 0.6) is 0 Å². The number of thiophene rings is 1. The first kappa shape index (κ1) is 15.0. The van der Waals surface area contributed by atoms with E-state index in [1.165, 1.54) is 11.1 Å². The molecule has 0 aliphatic carbocycles. The zero-order chi connectivity index (χ0) is 14.7. The van der Waals surface area contributed by atoms with Crippen LogP contribution in [-0.4, -0.2) is 27.6 Å². The minimum Gasteiger partial charge on any atom is -0.340 e. The van der Waals surface area contributed by atoms with Crippen LogP contribution in [0.2, 0.25) is 10.0 Å². The maximum absolute atomic E-state index is 12.0. The number of carbonyl (C=O) groups excluding carboxylic acids is 1. The Kier molecular flexibility index (Phi) is 4.80. The average molecular weight is 332 g/mol. The van der Waals surface area contributed by atoms with Crippen LogP contribution < -0.4 is 5.56 Å². The first-order valence-corrected chi connectivity index (χ1v) is 7.35. The minimum absolute atomic E-state index is 0.0759. The smallest absolute Gasteiger partial charge is 0.287 e. The van der Waals surface area contributed by atoms with Gasteiger partial charge < -0.3 is 4.90 Å². The summed E-state index contributed by atoms with van der Waals surface area (Å²) in [4.78, 5) is 25.3. The molecule has 2 rings (SSSR count). The van der Waals surface area contributed by atoms with Crippen molar-refractivity contribution in [3.63, 3.8) is 0 Å². The van der Waals surface area contributed by atoms with Gasteiger partial charge in [-0.3, -0.25) is 9.59 Å². The normalized spacial score (nSPS) is 10.6. The highest BCUT2D eigenvalue weighted by Crippen LogP contribution is 2.14. The van der Waals surface area contributed by atoms with Gasteiger partial charge in [0.1, 0.15) is 11.6 Å². The molecule has 8 heteroatoms. The number of hydrogen-bond acceptors (Lipinski definition) is 4. The molecule has 0 atom stereocenters. The molecule has 0 N–H and O–H groups in total. The number of likely N-dealkylation sites (N-methyl/N-ethyl adjacent to an activating group) is 1. The van der Waals surface area contributed by atoms with E-state index >= 15 is 0 Å². The number of rotatable bonds is 4. The van der Waals surface area contributed by atoms with Crippen LogP contribution in [0.4, 0.5) is 0 Å². The zero-order valence-corrected chi connectivity index (χ0v) is 12.9. The predicted molar refractivity (Wildman–Crippen MR) is 79.3 cm³/mol. The van der Waals surface area contributed by atoms with Gasteiger partial charge in [0.05, 0.1) is 11.2 Å². The van der Waals surface area contributed by atoms with Crippen LogP contribution in [0.25, 0.3) is 0 Å². The van der Waals surface area contributed by atoms with Crippen LogP contribution >= 0.6 is 34.5 Å². The summed E-state index contributed by atoms with van der Waals surface area (Å²) in [6.07, 6.45) is 1.25. The van der Waals surface area contributed by atoms with Crippen molar-refractivity contribution in [3.8, 4) is 0 Å². The monoisotopic (exact) mass is 331 g/mol. The second-order valence-electron chi connectivity index (χ2n) is 4.15. The fraction of sp³-hybridized carbons (Fsp3) is 0.250. The van der Waals surface area contributed by atoms with Crippen LogP contribution in [0, 0.1) is 0 Å². The van der Waals surface area contributed by atoms with Gasteiger partial charge in [0.2, 0.25) is 5.91 Å². The van der Waals surface area contributed by atoms with Crippen molar-refractivity contribution in [1.29, 1.82) is 0 Å². The summed E-state index contributed by atoms with van der Waals surface area (Å²) in [6.45, 7) is 0.314. The largest absolute Gasteiger partial charge is 0.340 e. The lowest BCUT2D eigenvalue weighted by atomic mass is 10.3. The Morgan fingerprint density at radius 3 is 2.90 bits per heavy atom. The first-order valence-electron chi connectivity index (χ1n) is 5.65. The van der Waals surface area contributed by atoms with Crippen molar-refractivity contribution < 1.29 is 4.79 Å². The summed E-state index contributed by atoms with van der Waals surface area (Å²) < 4.78 is 1.00. The van der Waals surface area contributed by atoms with Crippen LogP contribution in [0.3, 0.4) is 0 Å². The van der Waals surface area contributed by atoms with Crippen LogP contribution in [-0.2, 0) is 17.9 Å². The molecule has 2 aromatic rings. The van der Waals surface area contributed by atoms with Gasteiger partial charge in [-0.05, 0) is 22.4 Å². The Bertz CT molecular complexity index is 670. The summed E-state index contributed by atoms with van der Waals surface area (Å²) in [5, 5.41) is 7.66. The van der Waals surface area contributed by atoms with Crippen LogP contribution in [0.1, 0.15) is 5.56 Å². The van der Waals surface area contributed by atoms with E-state index in [0.29, 0.717) is 6.54 Å². The molecule has 0 bridgehead atoms. The highest BCUT2D eigenvalue weighted by Gasteiger charge is 2.14. The van der Waals surface area contributed by atoms with Gasteiger partial charge in [-0.25, -0.2) is 4.68 Å². The molecule has 2 heterocycles. The quantitative estimate of drug-likeness (QED) is 0.863. The van der Waals surface area contributed by atoms with Gasteiger partial charge in [-0.15, -0.1) is 0 Å². The average Bonchev–Trinajstić information content (AvgIpc) is 2.92. The highest BCUT2D eigenvalue weighted by atomic mass is 35.5. The van der Waals surface area contributed by atoms with E-state index in [1.807, 2.05) is 16.8 Å². The second kappa shape index (κ2) is 6.39. The summed E-state index contributed by atoms with van der Waals surface area (Å²) in [7, 11) is 1.67. The third kappa shape index (κ3) is 3.39. The van der Waals surface area contributed by atoms with E-state index in [2.05, 4.69) is 5.10 Å². The molecule has 0 unspecified atom stereocenters. The molecule has 1 amide bonds. The van der Waals surface area contributed by atoms with E-state index in [0.717, 1.165) is 10.2 Å². The Balaban J connectivity index is 2.08. The lowest BCUT2D eigenvalue weighted by Gasteiger charge is -2.16. The van der Waals surface area contributed by atoms with Gasteiger partial charge in [0.25, 0.3) is 5.56 Å². The van der Waals surface area contributed by atoms with E-state index in [9.17, 15) is 9.59 Å². The van der Waals surface area contributed by atoms with Gasteiger partial charge in [0.15, 0.2) is 0 Å². The maximum atomic E-state index is 12.0. The highest BCUT2D eigenvalue weighted by molar-refractivity contribution is 7.07.